The summed E-state index contributed by atoms with van der Waals surface area (Å²) in [6, 6.07) is 4.88. The fraction of sp³-hybridized carbons (Fsp3) is 0.500. The fourth-order valence-electron chi connectivity index (χ4n) is 2.42. The minimum Gasteiger partial charge on any atom is -0.478 e. The second-order valence-corrected chi connectivity index (χ2v) is 5.34. The van der Waals surface area contributed by atoms with Gasteiger partial charge in [-0.25, -0.2) is 4.79 Å². The Kier molecular flexibility index (Phi) is 4.66. The number of anilines is 1. The number of aromatic carboxylic acids is 1. The van der Waals surface area contributed by atoms with Gasteiger partial charge in [-0.3, -0.25) is 0 Å². The third-order valence-electron chi connectivity index (χ3n) is 3.47. The highest BCUT2D eigenvalue weighted by molar-refractivity contribution is 6.31. The van der Waals surface area contributed by atoms with Crippen molar-refractivity contribution in [3.05, 3.63) is 28.8 Å². The molecule has 104 valence electrons. The van der Waals surface area contributed by atoms with Gasteiger partial charge < -0.3 is 14.7 Å². The summed E-state index contributed by atoms with van der Waals surface area (Å²) in [5.41, 5.74) is 0.963. The van der Waals surface area contributed by atoms with Crippen molar-refractivity contribution in [2.45, 2.75) is 12.8 Å². The van der Waals surface area contributed by atoms with Crippen molar-refractivity contribution in [2.75, 3.05) is 31.7 Å². The molecule has 1 aliphatic heterocycles. The molecule has 0 saturated carbocycles. The highest BCUT2D eigenvalue weighted by Crippen LogP contribution is 2.26. The van der Waals surface area contributed by atoms with Gasteiger partial charge in [-0.05, 0) is 37.0 Å². The molecule has 1 saturated heterocycles. The average molecular weight is 284 g/mol. The lowest BCUT2D eigenvalue weighted by molar-refractivity contribution is 0.0678. The van der Waals surface area contributed by atoms with Crippen LogP contribution in [0.4, 0.5) is 5.69 Å². The van der Waals surface area contributed by atoms with Gasteiger partial charge in [0.05, 0.1) is 11.3 Å². The van der Waals surface area contributed by atoms with Crippen LogP contribution < -0.4 is 4.90 Å². The maximum atomic E-state index is 11.2. The van der Waals surface area contributed by atoms with Crippen molar-refractivity contribution in [1.29, 1.82) is 0 Å². The average Bonchev–Trinajstić information content (AvgIpc) is 2.39. The molecule has 5 heteroatoms. The Labute approximate surface area is 117 Å². The summed E-state index contributed by atoms with van der Waals surface area (Å²) in [7, 11) is 1.91. The summed E-state index contributed by atoms with van der Waals surface area (Å²) in [5, 5.41) is 9.78. The molecule has 0 aliphatic carbocycles. The van der Waals surface area contributed by atoms with Crippen LogP contribution in [0.2, 0.25) is 5.02 Å². The van der Waals surface area contributed by atoms with Crippen molar-refractivity contribution in [3.63, 3.8) is 0 Å². The Balaban J connectivity index is 2.14. The second-order valence-electron chi connectivity index (χ2n) is 4.90. The van der Waals surface area contributed by atoms with Crippen LogP contribution in [0.3, 0.4) is 0 Å². The highest BCUT2D eigenvalue weighted by Gasteiger charge is 2.19. The molecule has 0 aromatic heterocycles. The van der Waals surface area contributed by atoms with Crippen LogP contribution in [0.5, 0.6) is 0 Å². The zero-order valence-corrected chi connectivity index (χ0v) is 11.7. The van der Waals surface area contributed by atoms with Crippen LogP contribution in [-0.2, 0) is 4.74 Å². The lowest BCUT2D eigenvalue weighted by atomic mass is 9.99. The lowest BCUT2D eigenvalue weighted by Gasteiger charge is -2.29. The van der Waals surface area contributed by atoms with Crippen LogP contribution >= 0.6 is 11.6 Å². The molecular weight excluding hydrogens is 266 g/mol. The molecular formula is C14H18ClNO3. The molecule has 19 heavy (non-hydrogen) atoms. The summed E-state index contributed by atoms with van der Waals surface area (Å²) >= 11 is 5.97. The van der Waals surface area contributed by atoms with Crippen LogP contribution in [0.25, 0.3) is 0 Å². The highest BCUT2D eigenvalue weighted by atomic mass is 35.5. The minimum atomic E-state index is -0.925. The van der Waals surface area contributed by atoms with E-state index in [9.17, 15) is 9.90 Å². The van der Waals surface area contributed by atoms with Crippen LogP contribution in [0.1, 0.15) is 23.2 Å². The molecule has 1 fully saturated rings. The number of benzene rings is 1. The Morgan fingerprint density at radius 1 is 1.47 bits per heavy atom. The van der Waals surface area contributed by atoms with Crippen molar-refractivity contribution in [2.24, 2.45) is 5.92 Å². The summed E-state index contributed by atoms with van der Waals surface area (Å²) in [6.07, 6.45) is 2.04. The van der Waals surface area contributed by atoms with E-state index in [1.54, 1.807) is 18.2 Å². The van der Waals surface area contributed by atoms with Gasteiger partial charge in [-0.2, -0.15) is 0 Å². The predicted molar refractivity (Wildman–Crippen MR) is 75.2 cm³/mol. The summed E-state index contributed by atoms with van der Waals surface area (Å²) in [5.74, 6) is -0.384. The molecule has 1 aliphatic rings. The standard InChI is InChI=1S/C14H18ClNO3/c1-16(9-10-4-6-19-7-5-10)13-8-11(15)2-3-12(13)14(17)18/h2-3,8,10H,4-7,9H2,1H3,(H,17,18). The number of hydrogen-bond donors (Lipinski definition) is 1. The van der Waals surface area contributed by atoms with Gasteiger partial charge in [0.25, 0.3) is 0 Å². The van der Waals surface area contributed by atoms with Crippen molar-refractivity contribution >= 4 is 23.3 Å². The van der Waals surface area contributed by atoms with E-state index in [0.717, 1.165) is 32.6 Å². The van der Waals surface area contributed by atoms with E-state index in [1.165, 1.54) is 0 Å². The monoisotopic (exact) mass is 283 g/mol. The van der Waals surface area contributed by atoms with E-state index in [1.807, 2.05) is 11.9 Å². The lowest BCUT2D eigenvalue weighted by Crippen LogP contribution is -2.30. The number of nitrogens with zero attached hydrogens (tertiary/aromatic N) is 1. The molecule has 0 atom stereocenters. The number of halogens is 1. The Morgan fingerprint density at radius 3 is 2.79 bits per heavy atom. The predicted octanol–water partition coefficient (Wildman–Crippen LogP) is 2.90. The number of carboxylic acid groups (broad SMARTS) is 1. The van der Waals surface area contributed by atoms with Gasteiger partial charge >= 0.3 is 5.97 Å². The number of carboxylic acids is 1. The minimum absolute atomic E-state index is 0.291. The van der Waals surface area contributed by atoms with Crippen LogP contribution in [-0.4, -0.2) is 37.9 Å². The summed E-state index contributed by atoms with van der Waals surface area (Å²) in [6.45, 7) is 2.41. The first kappa shape index (κ1) is 14.2. The van der Waals surface area contributed by atoms with E-state index in [2.05, 4.69) is 0 Å². The van der Waals surface area contributed by atoms with Gasteiger partial charge in [-0.1, -0.05) is 11.6 Å². The second kappa shape index (κ2) is 6.26. The normalized spacial score (nSPS) is 16.3. The Bertz CT molecular complexity index is 458. The van der Waals surface area contributed by atoms with E-state index in [-0.39, 0.29) is 0 Å². The van der Waals surface area contributed by atoms with Gasteiger partial charge in [0.1, 0.15) is 0 Å². The topological polar surface area (TPSA) is 49.8 Å². The van der Waals surface area contributed by atoms with E-state index >= 15 is 0 Å². The van der Waals surface area contributed by atoms with Gasteiger partial charge in [0.2, 0.25) is 0 Å². The molecule has 0 unspecified atom stereocenters. The van der Waals surface area contributed by atoms with Crippen molar-refractivity contribution < 1.29 is 14.6 Å². The summed E-state index contributed by atoms with van der Waals surface area (Å²) < 4.78 is 5.33. The van der Waals surface area contributed by atoms with Gasteiger partial charge in [0.15, 0.2) is 0 Å². The molecule has 1 heterocycles. The molecule has 4 nitrogen and oxygen atoms in total. The zero-order valence-electron chi connectivity index (χ0n) is 10.9. The molecule has 1 aromatic carbocycles. The summed E-state index contributed by atoms with van der Waals surface area (Å²) in [4.78, 5) is 13.2. The van der Waals surface area contributed by atoms with Crippen molar-refractivity contribution in [3.8, 4) is 0 Å². The smallest absolute Gasteiger partial charge is 0.337 e. The quantitative estimate of drug-likeness (QED) is 0.923. The first-order valence-corrected chi connectivity index (χ1v) is 6.77. The number of hydrogen-bond acceptors (Lipinski definition) is 3. The van der Waals surface area contributed by atoms with Crippen LogP contribution in [0.15, 0.2) is 18.2 Å². The molecule has 0 spiro atoms. The number of rotatable bonds is 4. The Hall–Kier alpha value is -1.26. The molecule has 0 radical (unpaired) electrons. The van der Waals surface area contributed by atoms with Crippen molar-refractivity contribution in [1.82, 2.24) is 0 Å². The molecule has 2 rings (SSSR count). The third-order valence-corrected chi connectivity index (χ3v) is 3.71. The molecule has 0 amide bonds. The first-order valence-electron chi connectivity index (χ1n) is 6.39. The zero-order chi connectivity index (χ0) is 13.8. The SMILES string of the molecule is CN(CC1CCOCC1)c1cc(Cl)ccc1C(=O)O. The first-order chi connectivity index (χ1) is 9.08. The van der Waals surface area contributed by atoms with E-state index in [0.29, 0.717) is 22.2 Å². The number of carbonyl (C=O) groups is 1. The Morgan fingerprint density at radius 2 is 2.16 bits per heavy atom. The van der Waals surface area contributed by atoms with Gasteiger partial charge in [0, 0.05) is 31.8 Å². The third kappa shape index (κ3) is 3.61. The molecule has 1 aromatic rings. The van der Waals surface area contributed by atoms with E-state index in [4.69, 9.17) is 16.3 Å². The van der Waals surface area contributed by atoms with Gasteiger partial charge in [-0.15, -0.1) is 0 Å². The number of ether oxygens (including phenoxy) is 1. The largest absolute Gasteiger partial charge is 0.478 e. The van der Waals surface area contributed by atoms with Crippen LogP contribution in [0, 0.1) is 5.92 Å². The maximum absolute atomic E-state index is 11.2. The van der Waals surface area contributed by atoms with E-state index < -0.39 is 5.97 Å². The molecule has 1 N–H and O–H groups in total. The fourth-order valence-corrected chi connectivity index (χ4v) is 2.58. The maximum Gasteiger partial charge on any atom is 0.337 e. The molecule has 0 bridgehead atoms.